The Morgan fingerprint density at radius 3 is 2.88 bits per heavy atom. The molecule has 96 valence electrons. The van der Waals surface area contributed by atoms with Crippen molar-refractivity contribution >= 4 is 11.3 Å². The highest BCUT2D eigenvalue weighted by molar-refractivity contribution is 7.09. The van der Waals surface area contributed by atoms with Gasteiger partial charge in [-0.05, 0) is 31.3 Å². The second-order valence-electron chi connectivity index (χ2n) is 4.45. The van der Waals surface area contributed by atoms with E-state index < -0.39 is 0 Å². The zero-order chi connectivity index (χ0) is 11.9. The summed E-state index contributed by atoms with van der Waals surface area (Å²) >= 11 is 1.84. The van der Waals surface area contributed by atoms with Gasteiger partial charge >= 0.3 is 0 Å². The lowest BCUT2D eigenvalue weighted by Crippen LogP contribution is -2.30. The van der Waals surface area contributed by atoms with Crippen molar-refractivity contribution in [2.24, 2.45) is 0 Å². The summed E-state index contributed by atoms with van der Waals surface area (Å²) in [4.78, 5) is 3.81. The van der Waals surface area contributed by atoms with E-state index in [1.807, 2.05) is 11.3 Å². The van der Waals surface area contributed by atoms with Gasteiger partial charge < -0.3 is 14.4 Å². The van der Waals surface area contributed by atoms with Crippen LogP contribution in [0.1, 0.15) is 17.7 Å². The van der Waals surface area contributed by atoms with Crippen LogP contribution in [0.2, 0.25) is 0 Å². The van der Waals surface area contributed by atoms with E-state index in [2.05, 4.69) is 29.5 Å². The first-order valence-corrected chi connectivity index (χ1v) is 7.17. The lowest BCUT2D eigenvalue weighted by atomic mass is 10.3. The lowest BCUT2D eigenvalue weighted by Gasteiger charge is -2.25. The number of ether oxygens (including phenoxy) is 2. The quantitative estimate of drug-likeness (QED) is 0.779. The lowest BCUT2D eigenvalue weighted by molar-refractivity contribution is -0.182. The van der Waals surface area contributed by atoms with Gasteiger partial charge in [0, 0.05) is 24.4 Å². The molecule has 17 heavy (non-hydrogen) atoms. The van der Waals surface area contributed by atoms with Crippen LogP contribution in [0, 0.1) is 0 Å². The first-order valence-electron chi connectivity index (χ1n) is 6.29. The maximum absolute atomic E-state index is 5.53. The molecule has 0 aromatic carbocycles. The van der Waals surface area contributed by atoms with E-state index in [-0.39, 0.29) is 6.29 Å². The molecule has 4 heteroatoms. The van der Waals surface area contributed by atoms with Gasteiger partial charge in [-0.15, -0.1) is 11.3 Å². The van der Waals surface area contributed by atoms with Crippen LogP contribution in [0.4, 0.5) is 0 Å². The van der Waals surface area contributed by atoms with Gasteiger partial charge in [0.05, 0.1) is 13.2 Å². The van der Waals surface area contributed by atoms with Gasteiger partial charge in [0.1, 0.15) is 0 Å². The van der Waals surface area contributed by atoms with Crippen LogP contribution in [0.3, 0.4) is 0 Å². The standard InChI is InChI=1S/C13H21NO2S/c1-14(7-5-12-4-2-11-17-12)8-6-13-15-9-3-10-16-13/h2,4,11,13H,3,5-10H2,1H3. The third-order valence-corrected chi connectivity index (χ3v) is 3.90. The summed E-state index contributed by atoms with van der Waals surface area (Å²) in [6.45, 7) is 3.84. The Morgan fingerprint density at radius 1 is 1.35 bits per heavy atom. The molecule has 1 aliphatic heterocycles. The van der Waals surface area contributed by atoms with Gasteiger partial charge in [-0.3, -0.25) is 0 Å². The Labute approximate surface area is 107 Å². The zero-order valence-corrected chi connectivity index (χ0v) is 11.2. The van der Waals surface area contributed by atoms with E-state index in [0.29, 0.717) is 0 Å². The second-order valence-corrected chi connectivity index (χ2v) is 5.48. The van der Waals surface area contributed by atoms with E-state index in [0.717, 1.165) is 45.6 Å². The molecule has 3 nitrogen and oxygen atoms in total. The first kappa shape index (κ1) is 13.0. The topological polar surface area (TPSA) is 21.7 Å². The summed E-state index contributed by atoms with van der Waals surface area (Å²) in [6, 6.07) is 4.32. The summed E-state index contributed by atoms with van der Waals surface area (Å²) in [5.74, 6) is 0. The van der Waals surface area contributed by atoms with Gasteiger partial charge in [0.2, 0.25) is 0 Å². The molecule has 0 aliphatic carbocycles. The normalized spacial score (nSPS) is 17.8. The third kappa shape index (κ3) is 4.76. The molecule has 0 spiro atoms. The number of hydrogen-bond acceptors (Lipinski definition) is 4. The first-order chi connectivity index (χ1) is 8.34. The summed E-state index contributed by atoms with van der Waals surface area (Å²) in [5, 5.41) is 2.14. The van der Waals surface area contributed by atoms with Gasteiger partial charge in [-0.2, -0.15) is 0 Å². The van der Waals surface area contributed by atoms with E-state index in [4.69, 9.17) is 9.47 Å². The van der Waals surface area contributed by atoms with Gasteiger partial charge in [0.25, 0.3) is 0 Å². The Balaban J connectivity index is 1.58. The third-order valence-electron chi connectivity index (χ3n) is 2.96. The highest BCUT2D eigenvalue weighted by atomic mass is 32.1. The van der Waals surface area contributed by atoms with Crippen molar-refractivity contribution in [3.8, 4) is 0 Å². The molecule has 0 bridgehead atoms. The molecule has 2 rings (SSSR count). The molecule has 1 fully saturated rings. The molecule has 1 aliphatic rings. The van der Waals surface area contributed by atoms with Crippen molar-refractivity contribution in [1.29, 1.82) is 0 Å². The predicted molar refractivity (Wildman–Crippen MR) is 70.4 cm³/mol. The molecule has 0 unspecified atom stereocenters. The molecule has 1 saturated heterocycles. The molecule has 0 atom stereocenters. The number of hydrogen-bond donors (Lipinski definition) is 0. The fourth-order valence-corrected chi connectivity index (χ4v) is 2.59. The van der Waals surface area contributed by atoms with Gasteiger partial charge in [-0.25, -0.2) is 0 Å². The summed E-state index contributed by atoms with van der Waals surface area (Å²) in [5.41, 5.74) is 0. The minimum Gasteiger partial charge on any atom is -0.353 e. The highest BCUT2D eigenvalue weighted by Gasteiger charge is 2.14. The van der Waals surface area contributed by atoms with E-state index in [1.165, 1.54) is 4.88 Å². The predicted octanol–water partition coefficient (Wildman–Crippen LogP) is 2.38. The van der Waals surface area contributed by atoms with Crippen molar-refractivity contribution in [3.05, 3.63) is 22.4 Å². The Kier molecular flexibility index (Phi) is 5.45. The van der Waals surface area contributed by atoms with Crippen LogP contribution >= 0.6 is 11.3 Å². The molecule has 0 radical (unpaired) electrons. The maximum Gasteiger partial charge on any atom is 0.158 e. The summed E-state index contributed by atoms with van der Waals surface area (Å²) in [6.07, 6.45) is 3.17. The summed E-state index contributed by atoms with van der Waals surface area (Å²) in [7, 11) is 2.16. The van der Waals surface area contributed by atoms with Crippen molar-refractivity contribution in [2.75, 3.05) is 33.4 Å². The van der Waals surface area contributed by atoms with Crippen molar-refractivity contribution in [2.45, 2.75) is 25.6 Å². The van der Waals surface area contributed by atoms with Crippen LogP contribution in [0.25, 0.3) is 0 Å². The maximum atomic E-state index is 5.53. The fourth-order valence-electron chi connectivity index (χ4n) is 1.90. The average Bonchev–Trinajstić information content (AvgIpc) is 2.88. The number of nitrogens with zero attached hydrogens (tertiary/aromatic N) is 1. The molecule has 0 amide bonds. The van der Waals surface area contributed by atoms with Crippen LogP contribution < -0.4 is 0 Å². The van der Waals surface area contributed by atoms with Crippen molar-refractivity contribution in [1.82, 2.24) is 4.90 Å². The number of likely N-dealkylation sites (N-methyl/N-ethyl adjacent to an activating group) is 1. The average molecular weight is 255 g/mol. The van der Waals surface area contributed by atoms with Gasteiger partial charge in [0.15, 0.2) is 6.29 Å². The Bertz CT molecular complexity index is 296. The van der Waals surface area contributed by atoms with Gasteiger partial charge in [-0.1, -0.05) is 6.07 Å². The van der Waals surface area contributed by atoms with Crippen molar-refractivity contribution in [3.63, 3.8) is 0 Å². The molecule has 0 saturated carbocycles. The van der Waals surface area contributed by atoms with Crippen LogP contribution in [0.15, 0.2) is 17.5 Å². The Hall–Kier alpha value is -0.420. The molecule has 1 aromatic rings. The Morgan fingerprint density at radius 2 is 2.18 bits per heavy atom. The number of thiophene rings is 1. The van der Waals surface area contributed by atoms with E-state index in [1.54, 1.807) is 0 Å². The van der Waals surface area contributed by atoms with E-state index in [9.17, 15) is 0 Å². The van der Waals surface area contributed by atoms with Crippen LogP contribution in [-0.2, 0) is 15.9 Å². The molecular formula is C13H21NO2S. The molecule has 2 heterocycles. The van der Waals surface area contributed by atoms with E-state index >= 15 is 0 Å². The highest BCUT2D eigenvalue weighted by Crippen LogP contribution is 2.11. The zero-order valence-electron chi connectivity index (χ0n) is 10.4. The van der Waals surface area contributed by atoms with Crippen LogP contribution in [-0.4, -0.2) is 44.5 Å². The molecule has 1 aromatic heterocycles. The summed E-state index contributed by atoms with van der Waals surface area (Å²) < 4.78 is 11.1. The minimum atomic E-state index is 0.0212. The fraction of sp³-hybridized carbons (Fsp3) is 0.692. The monoisotopic (exact) mass is 255 g/mol. The number of rotatable bonds is 6. The smallest absolute Gasteiger partial charge is 0.158 e. The molecular weight excluding hydrogens is 234 g/mol. The SMILES string of the molecule is CN(CCc1cccs1)CCC1OCCCO1. The van der Waals surface area contributed by atoms with Crippen LogP contribution in [0.5, 0.6) is 0 Å². The molecule has 0 N–H and O–H groups in total. The largest absolute Gasteiger partial charge is 0.353 e. The van der Waals surface area contributed by atoms with Crippen molar-refractivity contribution < 1.29 is 9.47 Å². The second kappa shape index (κ2) is 7.11. The minimum absolute atomic E-state index is 0.0212.